The molecule has 8 heteroatoms. The Kier molecular flexibility index (Phi) is 5.32. The summed E-state index contributed by atoms with van der Waals surface area (Å²) >= 11 is 6.44. The highest BCUT2D eigenvalue weighted by molar-refractivity contribution is 6.31. The van der Waals surface area contributed by atoms with Crippen molar-refractivity contribution in [2.24, 2.45) is 0 Å². The van der Waals surface area contributed by atoms with Gasteiger partial charge in [-0.25, -0.2) is 13.8 Å². The fourth-order valence-electron chi connectivity index (χ4n) is 4.26. The quantitative estimate of drug-likeness (QED) is 0.612. The van der Waals surface area contributed by atoms with Crippen molar-refractivity contribution in [3.05, 3.63) is 64.4 Å². The van der Waals surface area contributed by atoms with E-state index < -0.39 is 17.8 Å². The number of imidazole rings is 1. The minimum Gasteiger partial charge on any atom is -0.337 e. The molecule has 1 aromatic heterocycles. The zero-order valence-corrected chi connectivity index (χ0v) is 17.0. The number of halogens is 3. The molecule has 3 aromatic rings. The molecule has 1 atom stereocenters. The predicted octanol–water partition coefficient (Wildman–Crippen LogP) is 5.26. The van der Waals surface area contributed by atoms with Gasteiger partial charge in [-0.3, -0.25) is 9.59 Å². The van der Waals surface area contributed by atoms with E-state index >= 15 is 0 Å². The second kappa shape index (κ2) is 7.80. The van der Waals surface area contributed by atoms with Gasteiger partial charge in [0.2, 0.25) is 0 Å². The number of fused-ring (bicyclic) bond motifs is 1. The molecular formula is C22H20ClF2N3O2. The lowest BCUT2D eigenvalue weighted by atomic mass is 9.74. The Bertz CT molecular complexity index is 1130. The van der Waals surface area contributed by atoms with Gasteiger partial charge in [0.15, 0.2) is 11.6 Å². The molecule has 0 saturated heterocycles. The van der Waals surface area contributed by atoms with E-state index in [1.54, 1.807) is 31.3 Å². The first-order valence-corrected chi connectivity index (χ1v) is 10.1. The van der Waals surface area contributed by atoms with E-state index in [9.17, 15) is 18.4 Å². The number of benzene rings is 2. The van der Waals surface area contributed by atoms with Crippen LogP contribution in [0.4, 0.5) is 8.78 Å². The van der Waals surface area contributed by atoms with Gasteiger partial charge in [-0.2, -0.15) is 0 Å². The van der Waals surface area contributed by atoms with Crippen LogP contribution in [0.2, 0.25) is 5.02 Å². The Morgan fingerprint density at radius 2 is 2.00 bits per heavy atom. The molecular weight excluding hydrogens is 412 g/mol. The van der Waals surface area contributed by atoms with Crippen molar-refractivity contribution in [1.82, 2.24) is 14.9 Å². The number of nitrogens with zero attached hydrogens (tertiary/aromatic N) is 2. The third-order valence-corrected chi connectivity index (χ3v) is 6.13. The maximum Gasteiger partial charge on any atom is 0.295 e. The second-order valence-corrected chi connectivity index (χ2v) is 7.90. The van der Waals surface area contributed by atoms with Crippen molar-refractivity contribution in [1.29, 1.82) is 0 Å². The number of nitrogens with one attached hydrogen (secondary N) is 1. The summed E-state index contributed by atoms with van der Waals surface area (Å²) in [6, 6.07) is 11.6. The smallest absolute Gasteiger partial charge is 0.295 e. The zero-order chi connectivity index (χ0) is 21.5. The number of likely N-dealkylation sites (N-methyl/N-ethyl adjacent to an activating group) is 1. The van der Waals surface area contributed by atoms with E-state index in [1.807, 2.05) is 0 Å². The monoisotopic (exact) mass is 431 g/mol. The maximum atomic E-state index is 13.4. The Labute approximate surface area is 177 Å². The number of carbonyl (C=O) groups is 2. The number of Topliss-reactive ketones (excluding diaryl/α,β-unsaturated/α-hetero) is 1. The van der Waals surface area contributed by atoms with Crippen LogP contribution >= 0.6 is 11.6 Å². The lowest BCUT2D eigenvalue weighted by Crippen LogP contribution is -2.54. The summed E-state index contributed by atoms with van der Waals surface area (Å²) < 4.78 is 25.9. The number of hydrogen-bond acceptors (Lipinski definition) is 3. The number of aromatic nitrogens is 2. The van der Waals surface area contributed by atoms with Gasteiger partial charge < -0.3 is 9.88 Å². The lowest BCUT2D eigenvalue weighted by Gasteiger charge is -2.44. The predicted molar refractivity (Wildman–Crippen MR) is 110 cm³/mol. The molecule has 0 spiro atoms. The van der Waals surface area contributed by atoms with Crippen LogP contribution in [-0.2, 0) is 10.3 Å². The van der Waals surface area contributed by atoms with Crippen molar-refractivity contribution in [2.45, 2.75) is 37.6 Å². The largest absolute Gasteiger partial charge is 0.337 e. The highest BCUT2D eigenvalue weighted by atomic mass is 35.5. The molecule has 2 aromatic carbocycles. The molecule has 0 radical (unpaired) electrons. The minimum absolute atomic E-state index is 0.0553. The van der Waals surface area contributed by atoms with Crippen LogP contribution < -0.4 is 0 Å². The lowest BCUT2D eigenvalue weighted by molar-refractivity contribution is -0.132. The van der Waals surface area contributed by atoms with Gasteiger partial charge in [0.05, 0.1) is 11.0 Å². The van der Waals surface area contributed by atoms with E-state index in [4.69, 9.17) is 11.6 Å². The average Bonchev–Trinajstić information content (AvgIpc) is 3.17. The van der Waals surface area contributed by atoms with E-state index in [-0.39, 0.29) is 17.3 Å². The molecule has 1 fully saturated rings. The van der Waals surface area contributed by atoms with Gasteiger partial charge in [-0.15, -0.1) is 0 Å². The van der Waals surface area contributed by atoms with Gasteiger partial charge in [0.25, 0.3) is 12.3 Å². The van der Waals surface area contributed by atoms with Crippen LogP contribution in [0, 0.1) is 0 Å². The Balaban J connectivity index is 1.77. The minimum atomic E-state index is -2.73. The highest BCUT2D eigenvalue weighted by Crippen LogP contribution is 2.42. The normalized spacial score (nSPS) is 19.4. The number of hydrogen-bond donors (Lipinski definition) is 1. The van der Waals surface area contributed by atoms with E-state index in [2.05, 4.69) is 9.97 Å². The zero-order valence-electron chi connectivity index (χ0n) is 16.3. The number of H-pyrrole nitrogens is 1. The van der Waals surface area contributed by atoms with Crippen LogP contribution in [0.25, 0.3) is 11.0 Å². The van der Waals surface area contributed by atoms with E-state index in [0.717, 1.165) is 12.8 Å². The molecule has 1 aliphatic carbocycles. The molecule has 1 N–H and O–H groups in total. The molecule has 1 unspecified atom stereocenters. The fourth-order valence-corrected chi connectivity index (χ4v) is 4.55. The van der Waals surface area contributed by atoms with Crippen molar-refractivity contribution >= 4 is 34.3 Å². The van der Waals surface area contributed by atoms with Crippen LogP contribution in [0.5, 0.6) is 0 Å². The van der Waals surface area contributed by atoms with Crippen LogP contribution in [0.1, 0.15) is 53.9 Å². The molecule has 4 rings (SSSR count). The van der Waals surface area contributed by atoms with Crippen molar-refractivity contribution in [3.63, 3.8) is 0 Å². The standard InChI is InChI=1S/C22H20ClF2N3O2/c1-28(21(30)13-9-10-16-17(12-13)27-20(26-16)19(24)25)22(11-5-4-8-18(22)29)14-6-2-3-7-15(14)23/h2-3,6-7,9-10,12,19H,4-5,8,11H2,1H3,(H,26,27). The van der Waals surface area contributed by atoms with Crippen molar-refractivity contribution in [2.75, 3.05) is 7.05 Å². The van der Waals surface area contributed by atoms with E-state index in [1.165, 1.54) is 23.1 Å². The molecule has 1 aliphatic rings. The molecule has 156 valence electrons. The van der Waals surface area contributed by atoms with Gasteiger partial charge in [0, 0.05) is 29.6 Å². The fraction of sp³-hybridized carbons (Fsp3) is 0.318. The Morgan fingerprint density at radius 1 is 1.23 bits per heavy atom. The summed E-state index contributed by atoms with van der Waals surface area (Å²) in [5.74, 6) is -0.890. The van der Waals surface area contributed by atoms with Crippen LogP contribution in [0.3, 0.4) is 0 Å². The number of ketones is 1. The average molecular weight is 432 g/mol. The number of aromatic amines is 1. The van der Waals surface area contributed by atoms with Crippen molar-refractivity contribution < 1.29 is 18.4 Å². The SMILES string of the molecule is CN(C(=O)c1ccc2nc(C(F)F)[nH]c2c1)C1(c2ccccc2Cl)CCCCC1=O. The summed E-state index contributed by atoms with van der Waals surface area (Å²) in [4.78, 5) is 34.4. The third kappa shape index (κ3) is 3.27. The van der Waals surface area contributed by atoms with Crippen LogP contribution in [0.15, 0.2) is 42.5 Å². The summed E-state index contributed by atoms with van der Waals surface area (Å²) in [5.41, 5.74) is 0.407. The number of rotatable bonds is 4. The second-order valence-electron chi connectivity index (χ2n) is 7.49. The Morgan fingerprint density at radius 3 is 2.70 bits per heavy atom. The molecule has 5 nitrogen and oxygen atoms in total. The molecule has 0 aliphatic heterocycles. The number of amides is 1. The first-order valence-electron chi connectivity index (χ1n) is 9.69. The highest BCUT2D eigenvalue weighted by Gasteiger charge is 2.48. The topological polar surface area (TPSA) is 66.1 Å². The third-order valence-electron chi connectivity index (χ3n) is 5.80. The molecule has 1 heterocycles. The number of carbonyl (C=O) groups excluding carboxylic acids is 2. The first-order chi connectivity index (χ1) is 14.3. The number of alkyl halides is 2. The molecule has 0 bridgehead atoms. The molecule has 1 amide bonds. The van der Waals surface area contributed by atoms with Gasteiger partial charge >= 0.3 is 0 Å². The summed E-state index contributed by atoms with van der Waals surface area (Å²) in [6.45, 7) is 0. The van der Waals surface area contributed by atoms with Crippen LogP contribution in [-0.4, -0.2) is 33.6 Å². The molecule has 1 saturated carbocycles. The molecule has 30 heavy (non-hydrogen) atoms. The Hall–Kier alpha value is -2.80. The van der Waals surface area contributed by atoms with Crippen molar-refractivity contribution in [3.8, 4) is 0 Å². The first kappa shape index (κ1) is 20.5. The summed E-state index contributed by atoms with van der Waals surface area (Å²) in [5, 5.41) is 0.429. The summed E-state index contributed by atoms with van der Waals surface area (Å²) in [6.07, 6.45) is -0.349. The van der Waals surface area contributed by atoms with Gasteiger partial charge in [-0.1, -0.05) is 29.8 Å². The maximum absolute atomic E-state index is 13.4. The van der Waals surface area contributed by atoms with Gasteiger partial charge in [-0.05, 0) is 43.5 Å². The summed E-state index contributed by atoms with van der Waals surface area (Å²) in [7, 11) is 1.59. The van der Waals surface area contributed by atoms with Gasteiger partial charge in [0.1, 0.15) is 5.54 Å². The van der Waals surface area contributed by atoms with E-state index in [0.29, 0.717) is 34.5 Å².